The van der Waals surface area contributed by atoms with Crippen LogP contribution in [0.4, 0.5) is 5.69 Å². The summed E-state index contributed by atoms with van der Waals surface area (Å²) in [6, 6.07) is 4.68. The number of carbonyl (C=O) groups excluding carboxylic acids is 4. The van der Waals surface area contributed by atoms with Crippen molar-refractivity contribution in [2.75, 3.05) is 19.0 Å². The summed E-state index contributed by atoms with van der Waals surface area (Å²) in [5.41, 5.74) is 0.336. The number of amides is 1. The molecular formula is C19H21NO10. The van der Waals surface area contributed by atoms with Crippen molar-refractivity contribution in [2.45, 2.75) is 44.9 Å². The molecule has 3 rings (SSSR count). The summed E-state index contributed by atoms with van der Waals surface area (Å²) in [7, 11) is 1.46. The van der Waals surface area contributed by atoms with Gasteiger partial charge >= 0.3 is 29.6 Å². The number of hydrogen-bond donors (Lipinski definition) is 1. The van der Waals surface area contributed by atoms with Crippen LogP contribution in [0.1, 0.15) is 20.8 Å². The van der Waals surface area contributed by atoms with Crippen LogP contribution in [0.15, 0.2) is 18.2 Å². The second-order valence-electron chi connectivity index (χ2n) is 6.65. The normalized spacial score (nSPS) is 27.2. The number of benzene rings is 1. The number of hydrogen-bond acceptors (Lipinski definition) is 10. The molecule has 1 N–H and O–H groups in total. The van der Waals surface area contributed by atoms with E-state index in [1.165, 1.54) is 13.2 Å². The van der Waals surface area contributed by atoms with E-state index in [1.807, 2.05) is 0 Å². The van der Waals surface area contributed by atoms with Crippen molar-refractivity contribution in [3.05, 3.63) is 18.2 Å². The Hall–Kier alpha value is -3.34. The molecule has 2 heterocycles. The van der Waals surface area contributed by atoms with Gasteiger partial charge in [-0.3, -0.25) is 19.2 Å². The number of carbonyl (C=O) groups is 4. The molecule has 0 aliphatic carbocycles. The number of rotatable bonds is 4. The number of ether oxygens (including phenoxy) is 6. The fourth-order valence-electron chi connectivity index (χ4n) is 3.28. The molecule has 1 aromatic rings. The zero-order valence-electron chi connectivity index (χ0n) is 16.8. The van der Waals surface area contributed by atoms with E-state index in [9.17, 15) is 19.2 Å². The summed E-state index contributed by atoms with van der Waals surface area (Å²) in [5, 5.41) is 2.62. The molecule has 4 atom stereocenters. The van der Waals surface area contributed by atoms with Gasteiger partial charge in [0.15, 0.2) is 18.0 Å². The predicted octanol–water partition coefficient (Wildman–Crippen LogP) is 0.548. The Morgan fingerprint density at radius 3 is 2.33 bits per heavy atom. The van der Waals surface area contributed by atoms with E-state index in [1.54, 1.807) is 12.1 Å². The Morgan fingerprint density at radius 1 is 1.07 bits per heavy atom. The van der Waals surface area contributed by atoms with E-state index in [2.05, 4.69) is 5.32 Å². The first-order chi connectivity index (χ1) is 14.2. The van der Waals surface area contributed by atoms with Gasteiger partial charge in [-0.1, -0.05) is 0 Å². The van der Waals surface area contributed by atoms with Crippen LogP contribution in [0.2, 0.25) is 0 Å². The van der Waals surface area contributed by atoms with Crippen LogP contribution in [-0.2, 0) is 38.1 Å². The number of esters is 3. The topological polar surface area (TPSA) is 136 Å². The van der Waals surface area contributed by atoms with E-state index < -0.39 is 47.9 Å². The maximum absolute atomic E-state index is 13.0. The highest BCUT2D eigenvalue weighted by atomic mass is 16.7. The van der Waals surface area contributed by atoms with Gasteiger partial charge in [0.25, 0.3) is 0 Å². The van der Waals surface area contributed by atoms with Crippen molar-refractivity contribution >= 4 is 29.5 Å². The zero-order chi connectivity index (χ0) is 22.1. The third kappa shape index (κ3) is 4.01. The maximum atomic E-state index is 13.0. The van der Waals surface area contributed by atoms with Crippen molar-refractivity contribution in [3.8, 4) is 11.5 Å². The first-order valence-electron chi connectivity index (χ1n) is 9.00. The van der Waals surface area contributed by atoms with E-state index in [4.69, 9.17) is 28.4 Å². The highest BCUT2D eigenvalue weighted by Crippen LogP contribution is 2.42. The van der Waals surface area contributed by atoms with Crippen LogP contribution < -0.4 is 14.8 Å². The summed E-state index contributed by atoms with van der Waals surface area (Å²) < 4.78 is 32.4. The van der Waals surface area contributed by atoms with Crippen molar-refractivity contribution < 1.29 is 47.6 Å². The predicted molar refractivity (Wildman–Crippen MR) is 97.6 cm³/mol. The Balaban J connectivity index is 2.06. The monoisotopic (exact) mass is 423 g/mol. The van der Waals surface area contributed by atoms with Gasteiger partial charge in [-0.2, -0.15) is 0 Å². The molecule has 0 aromatic heterocycles. The third-order valence-electron chi connectivity index (χ3n) is 4.43. The molecule has 1 fully saturated rings. The number of methoxy groups -OCH3 is 1. The lowest BCUT2D eigenvalue weighted by molar-refractivity contribution is -0.299. The van der Waals surface area contributed by atoms with Gasteiger partial charge in [0.1, 0.15) is 5.75 Å². The summed E-state index contributed by atoms with van der Waals surface area (Å²) in [6.45, 7) is 3.02. The minimum atomic E-state index is -2.19. The van der Waals surface area contributed by atoms with Crippen molar-refractivity contribution in [1.82, 2.24) is 0 Å². The number of fused-ring (bicyclic) bond motifs is 1. The summed E-state index contributed by atoms with van der Waals surface area (Å²) >= 11 is 0. The van der Waals surface area contributed by atoms with Crippen LogP contribution in [0.25, 0.3) is 0 Å². The zero-order valence-corrected chi connectivity index (χ0v) is 16.8. The Labute approximate surface area is 171 Å². The van der Waals surface area contributed by atoms with E-state index in [-0.39, 0.29) is 12.4 Å². The molecule has 11 nitrogen and oxygen atoms in total. The molecule has 0 bridgehead atoms. The van der Waals surface area contributed by atoms with Crippen LogP contribution >= 0.6 is 0 Å². The van der Waals surface area contributed by atoms with Gasteiger partial charge < -0.3 is 33.7 Å². The molecule has 1 spiro atoms. The van der Waals surface area contributed by atoms with E-state index >= 15 is 0 Å². The lowest BCUT2D eigenvalue weighted by Crippen LogP contribution is -2.71. The van der Waals surface area contributed by atoms with Gasteiger partial charge in [0, 0.05) is 26.8 Å². The molecule has 1 amide bonds. The lowest BCUT2D eigenvalue weighted by Gasteiger charge is -2.47. The molecule has 0 unspecified atom stereocenters. The first kappa shape index (κ1) is 21.4. The average molecular weight is 423 g/mol. The summed E-state index contributed by atoms with van der Waals surface area (Å²) in [4.78, 5) is 48.0. The third-order valence-corrected chi connectivity index (χ3v) is 4.43. The highest BCUT2D eigenvalue weighted by molar-refractivity contribution is 6.00. The fraction of sp³-hybridized carbons (Fsp3) is 0.474. The SMILES string of the molecule is COc1ccc2c(c1)O[C@]1(OC[C@@H](OC(C)=O)[C@@H](OC(C)=O)[C@@H]1OC(C)=O)C(=O)N2. The smallest absolute Gasteiger partial charge is 0.333 e. The van der Waals surface area contributed by atoms with Crippen LogP contribution in [0, 0.1) is 0 Å². The van der Waals surface area contributed by atoms with E-state index in [0.29, 0.717) is 11.4 Å². The van der Waals surface area contributed by atoms with Crippen molar-refractivity contribution in [3.63, 3.8) is 0 Å². The van der Waals surface area contributed by atoms with E-state index in [0.717, 1.165) is 20.8 Å². The minimum Gasteiger partial charge on any atom is -0.497 e. The lowest BCUT2D eigenvalue weighted by atomic mass is 9.93. The van der Waals surface area contributed by atoms with Gasteiger partial charge in [-0.25, -0.2) is 0 Å². The maximum Gasteiger partial charge on any atom is 0.333 e. The first-order valence-corrected chi connectivity index (χ1v) is 9.00. The van der Waals surface area contributed by atoms with Gasteiger partial charge in [-0.05, 0) is 12.1 Å². The van der Waals surface area contributed by atoms with Gasteiger partial charge in [0.2, 0.25) is 6.10 Å². The fourth-order valence-corrected chi connectivity index (χ4v) is 3.28. The van der Waals surface area contributed by atoms with Gasteiger partial charge in [0.05, 0.1) is 19.4 Å². The van der Waals surface area contributed by atoms with Crippen LogP contribution in [0.3, 0.4) is 0 Å². The largest absolute Gasteiger partial charge is 0.497 e. The van der Waals surface area contributed by atoms with Gasteiger partial charge in [-0.15, -0.1) is 0 Å². The Morgan fingerprint density at radius 2 is 1.73 bits per heavy atom. The summed E-state index contributed by atoms with van der Waals surface area (Å²) in [6.07, 6.45) is -4.07. The standard InChI is InChI=1S/C19H21NO10/c1-9(21)27-15-8-26-19(17(29-11(3)23)16(15)28-10(2)22)18(24)20-13-6-5-12(25-4)7-14(13)30-19/h5-7,15-17H,8H2,1-4H3,(H,20,24)/t15-,16-,17+,19+/m1/s1. The molecule has 1 aromatic carbocycles. The molecule has 0 saturated carbocycles. The quantitative estimate of drug-likeness (QED) is 0.540. The Kier molecular flexibility index (Phi) is 5.83. The summed E-state index contributed by atoms with van der Waals surface area (Å²) in [5.74, 6) is -4.58. The Bertz CT molecular complexity index is 884. The van der Waals surface area contributed by atoms with Crippen LogP contribution in [-0.4, -0.2) is 61.6 Å². The van der Waals surface area contributed by atoms with Crippen molar-refractivity contribution in [2.24, 2.45) is 0 Å². The molecule has 0 radical (unpaired) electrons. The molecule has 162 valence electrons. The molecule has 1 saturated heterocycles. The highest BCUT2D eigenvalue weighted by Gasteiger charge is 2.64. The second-order valence-corrected chi connectivity index (χ2v) is 6.65. The van der Waals surface area contributed by atoms with Crippen molar-refractivity contribution in [1.29, 1.82) is 0 Å². The molecule has 2 aliphatic heterocycles. The van der Waals surface area contributed by atoms with Crippen LogP contribution in [0.5, 0.6) is 11.5 Å². The molecule has 30 heavy (non-hydrogen) atoms. The molecule has 2 aliphatic rings. The number of anilines is 1. The average Bonchev–Trinajstić information content (AvgIpc) is 2.66. The number of nitrogens with one attached hydrogen (secondary N) is 1. The minimum absolute atomic E-state index is 0.179. The second kappa shape index (κ2) is 8.19. The molecular weight excluding hydrogens is 402 g/mol. The molecule has 11 heteroatoms.